The highest BCUT2D eigenvalue weighted by atomic mass is 35.5. The zero-order valence-electron chi connectivity index (χ0n) is 13.9. The van der Waals surface area contributed by atoms with E-state index in [4.69, 9.17) is 28.6 Å². The van der Waals surface area contributed by atoms with Gasteiger partial charge >= 0.3 is 0 Å². The standard InChI is InChI=1S/C18H17ClN4OS/c1-12-4-3-5-13(2)17(12)24-11-16-21-22-18(25)23(16)20-10-14-6-8-15(19)9-7-14/h3-10H,11H2,1-2H3,(H,22,25)/b20-10-. The van der Waals surface area contributed by atoms with Crippen LogP contribution in [0.1, 0.15) is 22.5 Å². The molecule has 0 amide bonds. The third-order valence-corrected chi connectivity index (χ3v) is 4.18. The predicted octanol–water partition coefficient (Wildman–Crippen LogP) is 4.67. The van der Waals surface area contributed by atoms with Crippen molar-refractivity contribution in [1.82, 2.24) is 14.9 Å². The highest BCUT2D eigenvalue weighted by molar-refractivity contribution is 7.71. The number of hydrogen-bond donors (Lipinski definition) is 1. The minimum Gasteiger partial charge on any atom is -0.485 e. The number of rotatable bonds is 5. The van der Waals surface area contributed by atoms with E-state index in [1.54, 1.807) is 10.9 Å². The Morgan fingerprint density at radius 2 is 1.88 bits per heavy atom. The molecule has 128 valence electrons. The second-order valence-electron chi connectivity index (χ2n) is 5.56. The lowest BCUT2D eigenvalue weighted by molar-refractivity contribution is 0.287. The maximum absolute atomic E-state index is 5.93. The molecule has 0 spiro atoms. The van der Waals surface area contributed by atoms with Crippen LogP contribution in [0.3, 0.4) is 0 Å². The summed E-state index contributed by atoms with van der Waals surface area (Å²) in [5, 5.41) is 12.0. The topological polar surface area (TPSA) is 55.2 Å². The average Bonchev–Trinajstić information content (AvgIpc) is 2.94. The number of nitrogens with zero attached hydrogens (tertiary/aromatic N) is 3. The zero-order chi connectivity index (χ0) is 17.8. The highest BCUT2D eigenvalue weighted by Gasteiger charge is 2.09. The van der Waals surface area contributed by atoms with Crippen LogP contribution in [-0.4, -0.2) is 21.1 Å². The van der Waals surface area contributed by atoms with Gasteiger partial charge in [0.1, 0.15) is 12.4 Å². The summed E-state index contributed by atoms with van der Waals surface area (Å²) >= 11 is 11.1. The van der Waals surface area contributed by atoms with Gasteiger partial charge in [-0.2, -0.15) is 14.9 Å². The molecule has 0 saturated carbocycles. The number of aryl methyl sites for hydroxylation is 2. The summed E-state index contributed by atoms with van der Waals surface area (Å²) in [4.78, 5) is 0. The van der Waals surface area contributed by atoms with Crippen molar-refractivity contribution >= 4 is 30.0 Å². The molecule has 0 saturated heterocycles. The first kappa shape index (κ1) is 17.4. The van der Waals surface area contributed by atoms with Crippen LogP contribution in [-0.2, 0) is 6.61 Å². The molecule has 25 heavy (non-hydrogen) atoms. The van der Waals surface area contributed by atoms with Crippen molar-refractivity contribution in [2.75, 3.05) is 0 Å². The summed E-state index contributed by atoms with van der Waals surface area (Å²) in [6, 6.07) is 13.4. The van der Waals surface area contributed by atoms with Crippen molar-refractivity contribution in [3.8, 4) is 5.75 Å². The molecule has 0 fully saturated rings. The predicted molar refractivity (Wildman–Crippen MR) is 102 cm³/mol. The van der Waals surface area contributed by atoms with Crippen LogP contribution in [0.4, 0.5) is 0 Å². The summed E-state index contributed by atoms with van der Waals surface area (Å²) < 4.78 is 7.90. The van der Waals surface area contributed by atoms with Gasteiger partial charge in [0.15, 0.2) is 5.82 Å². The molecule has 0 aliphatic heterocycles. The van der Waals surface area contributed by atoms with Gasteiger partial charge in [-0.15, -0.1) is 0 Å². The number of aromatic nitrogens is 3. The minimum atomic E-state index is 0.261. The van der Waals surface area contributed by atoms with Crippen LogP contribution >= 0.6 is 23.8 Å². The molecule has 0 bridgehead atoms. The molecule has 0 aliphatic carbocycles. The Kier molecular flexibility index (Phi) is 5.31. The maximum atomic E-state index is 5.93. The molecule has 0 radical (unpaired) electrons. The van der Waals surface area contributed by atoms with Gasteiger partial charge in [-0.1, -0.05) is 41.9 Å². The van der Waals surface area contributed by atoms with E-state index in [0.717, 1.165) is 22.4 Å². The first-order valence-corrected chi connectivity index (χ1v) is 8.48. The number of hydrogen-bond acceptors (Lipinski definition) is 4. The Hall–Kier alpha value is -2.44. The van der Waals surface area contributed by atoms with Gasteiger partial charge in [0.25, 0.3) is 0 Å². The lowest BCUT2D eigenvalue weighted by atomic mass is 10.1. The molecule has 7 heteroatoms. The quantitative estimate of drug-likeness (QED) is 0.523. The van der Waals surface area contributed by atoms with Crippen LogP contribution in [0.2, 0.25) is 5.02 Å². The fraction of sp³-hybridized carbons (Fsp3) is 0.167. The number of para-hydroxylation sites is 1. The van der Waals surface area contributed by atoms with E-state index in [0.29, 0.717) is 15.6 Å². The SMILES string of the molecule is Cc1cccc(C)c1OCc1n[nH]c(=S)n1/N=C\c1ccc(Cl)cc1. The van der Waals surface area contributed by atoms with E-state index < -0.39 is 0 Å². The highest BCUT2D eigenvalue weighted by Crippen LogP contribution is 2.23. The normalized spacial score (nSPS) is 11.2. The third-order valence-electron chi connectivity index (χ3n) is 3.66. The monoisotopic (exact) mass is 372 g/mol. The number of aromatic amines is 1. The van der Waals surface area contributed by atoms with Gasteiger partial charge in [0.05, 0.1) is 6.21 Å². The molecule has 1 N–H and O–H groups in total. The summed E-state index contributed by atoms with van der Waals surface area (Å²) in [6.07, 6.45) is 1.70. The Morgan fingerprint density at radius 1 is 1.20 bits per heavy atom. The summed E-state index contributed by atoms with van der Waals surface area (Å²) in [7, 11) is 0. The van der Waals surface area contributed by atoms with Gasteiger partial charge in [0, 0.05) is 5.02 Å². The molecular formula is C18H17ClN4OS. The van der Waals surface area contributed by atoms with Crippen LogP contribution in [0.25, 0.3) is 0 Å². The lowest BCUT2D eigenvalue weighted by Crippen LogP contribution is -2.05. The third kappa shape index (κ3) is 4.15. The van der Waals surface area contributed by atoms with E-state index in [9.17, 15) is 0 Å². The number of halogens is 1. The molecule has 0 unspecified atom stereocenters. The van der Waals surface area contributed by atoms with Gasteiger partial charge in [-0.3, -0.25) is 0 Å². The van der Waals surface area contributed by atoms with E-state index in [1.807, 2.05) is 56.3 Å². The Morgan fingerprint density at radius 3 is 2.56 bits per heavy atom. The molecule has 2 aromatic carbocycles. The minimum absolute atomic E-state index is 0.261. The summed E-state index contributed by atoms with van der Waals surface area (Å²) in [5.41, 5.74) is 3.06. The fourth-order valence-corrected chi connectivity index (χ4v) is 2.70. The van der Waals surface area contributed by atoms with Gasteiger partial charge in [-0.25, -0.2) is 5.10 Å². The molecular weight excluding hydrogens is 356 g/mol. The van der Waals surface area contributed by atoms with E-state index in [2.05, 4.69) is 15.3 Å². The van der Waals surface area contributed by atoms with Crippen LogP contribution < -0.4 is 4.74 Å². The van der Waals surface area contributed by atoms with Gasteiger partial charge in [0.2, 0.25) is 4.77 Å². The van der Waals surface area contributed by atoms with Crippen molar-refractivity contribution in [3.05, 3.63) is 74.8 Å². The molecule has 3 rings (SSSR count). The Labute approximate surface area is 155 Å². The van der Waals surface area contributed by atoms with Crippen LogP contribution in [0.5, 0.6) is 5.75 Å². The van der Waals surface area contributed by atoms with E-state index >= 15 is 0 Å². The van der Waals surface area contributed by atoms with Crippen molar-refractivity contribution in [2.24, 2.45) is 5.10 Å². The van der Waals surface area contributed by atoms with Gasteiger partial charge in [-0.05, 0) is 54.9 Å². The average molecular weight is 373 g/mol. The first-order valence-electron chi connectivity index (χ1n) is 7.70. The van der Waals surface area contributed by atoms with Gasteiger partial charge < -0.3 is 4.74 Å². The number of benzene rings is 2. The first-order chi connectivity index (χ1) is 12.0. The van der Waals surface area contributed by atoms with Crippen molar-refractivity contribution < 1.29 is 4.74 Å². The van der Waals surface area contributed by atoms with Crippen molar-refractivity contribution in [3.63, 3.8) is 0 Å². The summed E-state index contributed by atoms with van der Waals surface area (Å²) in [6.45, 7) is 4.28. The van der Waals surface area contributed by atoms with Crippen LogP contribution in [0, 0.1) is 18.6 Å². The lowest BCUT2D eigenvalue weighted by Gasteiger charge is -2.11. The molecule has 5 nitrogen and oxygen atoms in total. The molecule has 0 aliphatic rings. The second kappa shape index (κ2) is 7.63. The van der Waals surface area contributed by atoms with E-state index in [-0.39, 0.29) is 6.61 Å². The van der Waals surface area contributed by atoms with Crippen molar-refractivity contribution in [2.45, 2.75) is 20.5 Å². The van der Waals surface area contributed by atoms with Crippen LogP contribution in [0.15, 0.2) is 47.6 Å². The molecule has 1 aromatic heterocycles. The van der Waals surface area contributed by atoms with Crippen molar-refractivity contribution in [1.29, 1.82) is 0 Å². The number of ether oxygens (including phenoxy) is 1. The molecule has 3 aromatic rings. The van der Waals surface area contributed by atoms with E-state index in [1.165, 1.54) is 0 Å². The fourth-order valence-electron chi connectivity index (χ4n) is 2.37. The number of nitrogens with one attached hydrogen (secondary N) is 1. The zero-order valence-corrected chi connectivity index (χ0v) is 15.4. The summed E-state index contributed by atoms with van der Waals surface area (Å²) in [5.74, 6) is 1.45. The Bertz CT molecular complexity index is 940. The largest absolute Gasteiger partial charge is 0.485 e. The maximum Gasteiger partial charge on any atom is 0.216 e. The smallest absolute Gasteiger partial charge is 0.216 e. The molecule has 1 heterocycles. The second-order valence-corrected chi connectivity index (χ2v) is 6.39. The Balaban J connectivity index is 1.80. The number of H-pyrrole nitrogens is 1. The molecule has 0 atom stereocenters.